The van der Waals surface area contributed by atoms with E-state index in [0.29, 0.717) is 35.0 Å². The lowest BCUT2D eigenvalue weighted by Gasteiger charge is -2.36. The van der Waals surface area contributed by atoms with E-state index in [1.807, 2.05) is 38.1 Å². The third-order valence-electron chi connectivity index (χ3n) is 8.15. The highest BCUT2D eigenvalue weighted by Crippen LogP contribution is 2.47. The maximum Gasteiger partial charge on any atom is 0.343 e. The predicted molar refractivity (Wildman–Crippen MR) is 151 cm³/mol. The molecule has 2 N–H and O–H groups in total. The summed E-state index contributed by atoms with van der Waals surface area (Å²) in [6, 6.07) is 12.7. The fraction of sp³-hybridized carbons (Fsp3) is 0.419. The number of carbonyl (C=O) groups is 2. The van der Waals surface area contributed by atoms with Crippen molar-refractivity contribution in [2.75, 3.05) is 11.9 Å². The van der Waals surface area contributed by atoms with Crippen LogP contribution in [0.5, 0.6) is 11.5 Å². The molecule has 2 aliphatic rings. The fourth-order valence-electron chi connectivity index (χ4n) is 5.33. The lowest BCUT2D eigenvalue weighted by atomic mass is 9.69. The molecule has 5 rings (SSSR count). The number of ether oxygens (including phenoxy) is 2. The Kier molecular flexibility index (Phi) is 7.23. The van der Waals surface area contributed by atoms with Gasteiger partial charge in [0.1, 0.15) is 11.2 Å². The van der Waals surface area contributed by atoms with E-state index in [0.717, 1.165) is 47.4 Å². The van der Waals surface area contributed by atoms with E-state index in [4.69, 9.17) is 9.47 Å². The molecule has 0 saturated heterocycles. The number of hydrogen-bond donors (Lipinski definition) is 2. The summed E-state index contributed by atoms with van der Waals surface area (Å²) in [4.78, 5) is 27.3. The van der Waals surface area contributed by atoms with Crippen molar-refractivity contribution in [2.45, 2.75) is 66.5 Å². The minimum Gasteiger partial charge on any atom is -0.490 e. The van der Waals surface area contributed by atoms with Crippen LogP contribution in [-0.2, 0) is 12.8 Å². The van der Waals surface area contributed by atoms with Gasteiger partial charge in [0.25, 0.3) is 5.91 Å². The lowest BCUT2D eigenvalue weighted by molar-refractivity contribution is 0.0728. The summed E-state index contributed by atoms with van der Waals surface area (Å²) in [5, 5.41) is 7.62. The van der Waals surface area contributed by atoms with Gasteiger partial charge >= 0.3 is 5.97 Å². The van der Waals surface area contributed by atoms with Gasteiger partial charge in [-0.1, -0.05) is 51.0 Å². The van der Waals surface area contributed by atoms with E-state index in [-0.39, 0.29) is 5.91 Å². The molecule has 0 radical (unpaired) electrons. The van der Waals surface area contributed by atoms with Crippen molar-refractivity contribution >= 4 is 28.2 Å². The summed E-state index contributed by atoms with van der Waals surface area (Å²) < 4.78 is 11.5. The van der Waals surface area contributed by atoms with Crippen molar-refractivity contribution in [1.29, 1.82) is 0 Å². The molecular formula is C31H36N2O4S. The summed E-state index contributed by atoms with van der Waals surface area (Å²) in [7, 11) is 0. The first-order chi connectivity index (χ1) is 18.2. The predicted octanol–water partition coefficient (Wildman–Crippen LogP) is 7.07. The van der Waals surface area contributed by atoms with E-state index < -0.39 is 12.1 Å². The highest BCUT2D eigenvalue weighted by Gasteiger charge is 2.37. The number of hydrogen-bond acceptors (Lipinski definition) is 6. The van der Waals surface area contributed by atoms with E-state index in [1.54, 1.807) is 29.5 Å². The van der Waals surface area contributed by atoms with Crippen LogP contribution in [0.15, 0.2) is 42.5 Å². The average Bonchev–Trinajstić information content (AvgIpc) is 3.28. The quantitative estimate of drug-likeness (QED) is 0.251. The molecule has 1 aromatic heterocycles. The normalized spacial score (nSPS) is 18.6. The second-order valence-corrected chi connectivity index (χ2v) is 12.0. The number of benzene rings is 2. The number of nitrogens with one attached hydrogen (secondary N) is 2. The van der Waals surface area contributed by atoms with Gasteiger partial charge in [0, 0.05) is 4.88 Å². The minimum absolute atomic E-state index is 0.0395. The Labute approximate surface area is 228 Å². The molecule has 2 heterocycles. The molecule has 0 saturated carbocycles. The van der Waals surface area contributed by atoms with E-state index in [2.05, 4.69) is 31.4 Å². The van der Waals surface area contributed by atoms with Crippen LogP contribution in [-0.4, -0.2) is 18.5 Å². The van der Waals surface area contributed by atoms with Gasteiger partial charge < -0.3 is 20.1 Å². The number of rotatable bonds is 7. The van der Waals surface area contributed by atoms with Gasteiger partial charge in [0.15, 0.2) is 11.5 Å². The molecule has 38 heavy (non-hydrogen) atoms. The van der Waals surface area contributed by atoms with Gasteiger partial charge in [-0.2, -0.15) is 0 Å². The van der Waals surface area contributed by atoms with Gasteiger partial charge in [0.05, 0.1) is 17.7 Å². The molecule has 0 spiro atoms. The van der Waals surface area contributed by atoms with Crippen LogP contribution in [0.4, 0.5) is 5.00 Å². The molecule has 2 atom stereocenters. The minimum atomic E-state index is -0.443. The molecule has 1 amide bonds. The third-order valence-corrected chi connectivity index (χ3v) is 9.34. The second-order valence-electron chi connectivity index (χ2n) is 10.9. The molecule has 6 nitrogen and oxygen atoms in total. The average molecular weight is 533 g/mol. The van der Waals surface area contributed by atoms with E-state index in [1.165, 1.54) is 10.4 Å². The van der Waals surface area contributed by atoms with Crippen molar-refractivity contribution in [1.82, 2.24) is 5.32 Å². The zero-order valence-corrected chi connectivity index (χ0v) is 23.6. The number of thiophene rings is 1. The van der Waals surface area contributed by atoms with Crippen molar-refractivity contribution in [3.05, 3.63) is 75.2 Å². The Balaban J connectivity index is 1.37. The van der Waals surface area contributed by atoms with Gasteiger partial charge in [-0.15, -0.1) is 11.3 Å². The number of fused-ring (bicyclic) bond motifs is 3. The molecular weight excluding hydrogens is 496 g/mol. The van der Waals surface area contributed by atoms with Gasteiger partial charge in [-0.3, -0.25) is 4.79 Å². The van der Waals surface area contributed by atoms with Gasteiger partial charge in [-0.05, 0) is 79.8 Å². The largest absolute Gasteiger partial charge is 0.490 e. The molecule has 1 aliphatic carbocycles. The Bertz CT molecular complexity index is 1360. The maximum atomic E-state index is 13.3. The van der Waals surface area contributed by atoms with Crippen molar-refractivity contribution in [3.63, 3.8) is 0 Å². The lowest BCUT2D eigenvalue weighted by Crippen LogP contribution is -2.38. The second kappa shape index (κ2) is 10.4. The van der Waals surface area contributed by atoms with Crippen molar-refractivity contribution < 1.29 is 19.1 Å². The number of carbonyl (C=O) groups excluding carboxylic acids is 2. The topological polar surface area (TPSA) is 76.7 Å². The Hall–Kier alpha value is -3.32. The molecule has 2 aromatic carbocycles. The molecule has 7 heteroatoms. The number of amides is 1. The Morgan fingerprint density at radius 1 is 1.08 bits per heavy atom. The maximum absolute atomic E-state index is 13.3. The SMILES string of the molecule is CCOc1cc([C@H]2NC(=O)c3c(sc4c3CC[C@@H](C(C)(C)CC)C4)N2)ccc1OC(=O)c1ccc(C)cc1. The molecule has 0 unspecified atom stereocenters. The van der Waals surface area contributed by atoms with E-state index in [9.17, 15) is 9.59 Å². The molecule has 1 aliphatic heterocycles. The van der Waals surface area contributed by atoms with Crippen LogP contribution in [0.3, 0.4) is 0 Å². The number of aryl methyl sites for hydroxylation is 1. The molecule has 3 aromatic rings. The summed E-state index contributed by atoms with van der Waals surface area (Å²) in [5.41, 5.74) is 4.69. The van der Waals surface area contributed by atoms with Crippen molar-refractivity contribution in [3.8, 4) is 11.5 Å². The standard InChI is InChI=1S/C31H36N2O4S/c1-6-31(4,5)21-13-14-22-25(17-21)38-29-26(22)28(34)32-27(33-29)20-12-15-23(24(16-20)36-7-2)37-30(35)19-10-8-18(3)9-11-19/h8-12,15-16,21,27,33H,6-7,13-14,17H2,1-5H3,(H,32,34)/t21-,27+/m1/s1. The summed E-state index contributed by atoms with van der Waals surface area (Å²) in [5.74, 6) is 0.953. The molecule has 200 valence electrons. The van der Waals surface area contributed by atoms with Crippen LogP contribution < -0.4 is 20.1 Å². The van der Waals surface area contributed by atoms with Crippen LogP contribution >= 0.6 is 11.3 Å². The first-order valence-corrected chi connectivity index (χ1v) is 14.3. The van der Waals surface area contributed by atoms with Crippen molar-refractivity contribution in [2.24, 2.45) is 11.3 Å². The molecule has 0 fully saturated rings. The monoisotopic (exact) mass is 532 g/mol. The fourth-order valence-corrected chi connectivity index (χ4v) is 6.68. The zero-order valence-electron chi connectivity index (χ0n) is 22.8. The Morgan fingerprint density at radius 3 is 2.55 bits per heavy atom. The molecule has 0 bridgehead atoms. The first kappa shape index (κ1) is 26.3. The summed E-state index contributed by atoms with van der Waals surface area (Å²) in [6.45, 7) is 11.2. The highest BCUT2D eigenvalue weighted by molar-refractivity contribution is 7.16. The highest BCUT2D eigenvalue weighted by atomic mass is 32.1. The smallest absolute Gasteiger partial charge is 0.343 e. The van der Waals surface area contributed by atoms with Crippen LogP contribution in [0.1, 0.15) is 89.0 Å². The van der Waals surface area contributed by atoms with Gasteiger partial charge in [0.2, 0.25) is 0 Å². The first-order valence-electron chi connectivity index (χ1n) is 13.5. The van der Waals surface area contributed by atoms with Gasteiger partial charge in [-0.25, -0.2) is 4.79 Å². The van der Waals surface area contributed by atoms with Crippen LogP contribution in [0.25, 0.3) is 0 Å². The zero-order chi connectivity index (χ0) is 27.0. The summed E-state index contributed by atoms with van der Waals surface area (Å²) >= 11 is 1.72. The van der Waals surface area contributed by atoms with Crippen LogP contribution in [0.2, 0.25) is 0 Å². The van der Waals surface area contributed by atoms with E-state index >= 15 is 0 Å². The Morgan fingerprint density at radius 2 is 1.84 bits per heavy atom. The summed E-state index contributed by atoms with van der Waals surface area (Å²) in [6.07, 6.45) is 3.85. The van der Waals surface area contributed by atoms with Crippen LogP contribution in [0, 0.1) is 18.3 Å². The number of esters is 1. The third kappa shape index (κ3) is 5.04. The number of anilines is 1.